The number of carbonyl (C=O) groups excluding carboxylic acids is 3. The number of piperidine rings is 1. The number of likely N-dealkylation sites (N-methyl/N-ethyl adjacent to an activating group) is 2. The number of hydrogen-bond donors (Lipinski definition) is 1. The molecule has 0 radical (unpaired) electrons. The van der Waals surface area contributed by atoms with Gasteiger partial charge in [-0.15, -0.1) is 0 Å². The monoisotopic (exact) mass is 358 g/mol. The van der Waals surface area contributed by atoms with Crippen molar-refractivity contribution >= 4 is 23.7 Å². The number of nitrogens with zero attached hydrogens (tertiary/aromatic N) is 3. The average Bonchev–Trinajstić information content (AvgIpc) is 3.18. The van der Waals surface area contributed by atoms with Gasteiger partial charge in [0.15, 0.2) is 0 Å². The smallest absolute Gasteiger partial charge is 0.327 e. The molecule has 1 aromatic rings. The molecule has 0 bridgehead atoms. The molecule has 0 atom stereocenters. The molecule has 4 rings (SSSR count). The maximum absolute atomic E-state index is 12.6. The Balaban J connectivity index is 1.41. The minimum absolute atomic E-state index is 0.177. The summed E-state index contributed by atoms with van der Waals surface area (Å²) < 4.78 is 5.39. The van der Waals surface area contributed by atoms with Crippen LogP contribution in [0.4, 0.5) is 15.3 Å². The number of amides is 5. The Bertz CT molecular complexity index is 785. The average molecular weight is 358 g/mol. The van der Waals surface area contributed by atoms with E-state index in [1.165, 1.54) is 16.8 Å². The van der Waals surface area contributed by atoms with Gasteiger partial charge in [0.2, 0.25) is 0 Å². The van der Waals surface area contributed by atoms with Crippen LogP contribution in [0.25, 0.3) is 0 Å². The number of ether oxygens (including phenoxy) is 1. The lowest BCUT2D eigenvalue weighted by Gasteiger charge is -2.40. The highest BCUT2D eigenvalue weighted by atomic mass is 16.5. The minimum Gasteiger partial charge on any atom is -0.372 e. The third-order valence-corrected chi connectivity index (χ3v) is 5.77. The van der Waals surface area contributed by atoms with Crippen LogP contribution in [-0.4, -0.2) is 65.4 Å². The molecule has 2 fully saturated rings. The highest BCUT2D eigenvalue weighted by molar-refractivity contribution is 6.06. The van der Waals surface area contributed by atoms with Gasteiger partial charge < -0.3 is 19.9 Å². The van der Waals surface area contributed by atoms with Crippen molar-refractivity contribution in [1.82, 2.24) is 14.7 Å². The molecule has 8 heteroatoms. The molecule has 26 heavy (non-hydrogen) atoms. The van der Waals surface area contributed by atoms with Crippen LogP contribution in [0.2, 0.25) is 0 Å². The number of fused-ring (bicyclic) bond motifs is 1. The quantitative estimate of drug-likeness (QED) is 0.773. The van der Waals surface area contributed by atoms with E-state index in [0.717, 1.165) is 16.8 Å². The van der Waals surface area contributed by atoms with Crippen LogP contribution in [0, 0.1) is 0 Å². The molecule has 0 unspecified atom stereocenters. The Kier molecular flexibility index (Phi) is 3.87. The summed E-state index contributed by atoms with van der Waals surface area (Å²) in [5, 5.41) is 2.92. The Morgan fingerprint density at radius 1 is 1.12 bits per heavy atom. The van der Waals surface area contributed by atoms with Crippen molar-refractivity contribution < 1.29 is 19.1 Å². The second kappa shape index (κ2) is 5.98. The summed E-state index contributed by atoms with van der Waals surface area (Å²) in [7, 11) is 3.17. The summed E-state index contributed by atoms with van der Waals surface area (Å²) in [6.07, 6.45) is 0.897. The molecule has 5 amide bonds. The molecule has 1 N–H and O–H groups in total. The molecule has 8 nitrogen and oxygen atoms in total. The van der Waals surface area contributed by atoms with Crippen LogP contribution in [0.15, 0.2) is 18.2 Å². The Morgan fingerprint density at radius 3 is 2.46 bits per heavy atom. The van der Waals surface area contributed by atoms with E-state index in [1.807, 2.05) is 18.2 Å². The van der Waals surface area contributed by atoms with Crippen LogP contribution in [0.3, 0.4) is 0 Å². The lowest BCUT2D eigenvalue weighted by Crippen LogP contribution is -2.56. The number of likely N-dealkylation sites (tertiary alicyclic amines) is 1. The van der Waals surface area contributed by atoms with Crippen LogP contribution >= 0.6 is 0 Å². The lowest BCUT2D eigenvalue weighted by atomic mass is 9.86. The number of nitrogens with one attached hydrogen (secondary N) is 1. The Morgan fingerprint density at radius 2 is 1.81 bits per heavy atom. The normalized spacial score (nSPS) is 21.5. The van der Waals surface area contributed by atoms with Gasteiger partial charge in [-0.25, -0.2) is 9.59 Å². The molecule has 0 aliphatic carbocycles. The Hall–Kier alpha value is -2.61. The third kappa shape index (κ3) is 2.44. The van der Waals surface area contributed by atoms with Gasteiger partial charge in [0.05, 0.1) is 13.2 Å². The zero-order valence-electron chi connectivity index (χ0n) is 14.9. The van der Waals surface area contributed by atoms with E-state index in [9.17, 15) is 14.4 Å². The van der Waals surface area contributed by atoms with Crippen molar-refractivity contribution in [3.63, 3.8) is 0 Å². The van der Waals surface area contributed by atoms with Crippen LogP contribution in [0.5, 0.6) is 0 Å². The zero-order valence-corrected chi connectivity index (χ0v) is 14.9. The van der Waals surface area contributed by atoms with Gasteiger partial charge in [-0.2, -0.15) is 0 Å². The second-order valence-corrected chi connectivity index (χ2v) is 7.13. The number of urea groups is 2. The standard InChI is InChI=1S/C18H22N4O4/c1-20-15(23)18(21(2)17(20)25)5-7-22(8-6-18)16(24)19-14-4-3-12-10-26-11-13(12)9-14/h3-4,9H,5-8,10-11H2,1-2H3,(H,19,24). The van der Waals surface area contributed by atoms with Crippen molar-refractivity contribution in [2.45, 2.75) is 31.6 Å². The predicted molar refractivity (Wildman–Crippen MR) is 93.4 cm³/mol. The molecule has 1 aromatic carbocycles. The van der Waals surface area contributed by atoms with Gasteiger partial charge in [-0.3, -0.25) is 9.69 Å². The van der Waals surface area contributed by atoms with Crippen molar-refractivity contribution in [3.05, 3.63) is 29.3 Å². The number of benzene rings is 1. The number of rotatable bonds is 1. The van der Waals surface area contributed by atoms with E-state index in [4.69, 9.17) is 4.74 Å². The van der Waals surface area contributed by atoms with E-state index < -0.39 is 5.54 Å². The second-order valence-electron chi connectivity index (χ2n) is 7.13. The SMILES string of the molecule is CN1C(=O)N(C)C2(CCN(C(=O)Nc3ccc4c(c3)COC4)CC2)C1=O. The van der Waals surface area contributed by atoms with Gasteiger partial charge in [0, 0.05) is 32.9 Å². The lowest BCUT2D eigenvalue weighted by molar-refractivity contribution is -0.134. The highest BCUT2D eigenvalue weighted by Gasteiger charge is 2.55. The first-order valence-corrected chi connectivity index (χ1v) is 8.74. The van der Waals surface area contributed by atoms with Crippen LogP contribution in [0.1, 0.15) is 24.0 Å². The van der Waals surface area contributed by atoms with Gasteiger partial charge in [0.1, 0.15) is 5.54 Å². The molecule has 3 aliphatic rings. The molecule has 3 aliphatic heterocycles. The van der Waals surface area contributed by atoms with Crippen molar-refractivity contribution in [2.24, 2.45) is 0 Å². The fraction of sp³-hybridized carbons (Fsp3) is 0.500. The number of hydrogen-bond acceptors (Lipinski definition) is 4. The molecule has 138 valence electrons. The summed E-state index contributed by atoms with van der Waals surface area (Å²) >= 11 is 0. The Labute approximate surface area is 151 Å². The molecule has 0 aromatic heterocycles. The van der Waals surface area contributed by atoms with Crippen LogP contribution < -0.4 is 5.32 Å². The molecule has 1 spiro atoms. The van der Waals surface area contributed by atoms with Gasteiger partial charge >= 0.3 is 12.1 Å². The molecule has 0 saturated carbocycles. The predicted octanol–water partition coefficient (Wildman–Crippen LogP) is 1.61. The summed E-state index contributed by atoms with van der Waals surface area (Å²) in [5.41, 5.74) is 2.18. The summed E-state index contributed by atoms with van der Waals surface area (Å²) in [4.78, 5) is 41.5. The molecule has 2 saturated heterocycles. The first kappa shape index (κ1) is 16.8. The first-order chi connectivity index (χ1) is 12.4. The van der Waals surface area contributed by atoms with Crippen molar-refractivity contribution in [3.8, 4) is 0 Å². The molecular weight excluding hydrogens is 336 g/mol. The van der Waals surface area contributed by atoms with E-state index in [0.29, 0.717) is 39.1 Å². The zero-order chi connectivity index (χ0) is 18.5. The van der Waals surface area contributed by atoms with E-state index in [2.05, 4.69) is 5.32 Å². The molecular formula is C18H22N4O4. The largest absolute Gasteiger partial charge is 0.372 e. The number of carbonyl (C=O) groups is 3. The third-order valence-electron chi connectivity index (χ3n) is 5.77. The molecule has 3 heterocycles. The maximum Gasteiger partial charge on any atom is 0.327 e. The maximum atomic E-state index is 12.6. The van der Waals surface area contributed by atoms with E-state index >= 15 is 0 Å². The van der Waals surface area contributed by atoms with Crippen molar-refractivity contribution in [1.29, 1.82) is 0 Å². The number of anilines is 1. The fourth-order valence-corrected chi connectivity index (χ4v) is 4.03. The minimum atomic E-state index is -0.812. The summed E-state index contributed by atoms with van der Waals surface area (Å²) in [6.45, 7) is 2.04. The van der Waals surface area contributed by atoms with Crippen molar-refractivity contribution in [2.75, 3.05) is 32.5 Å². The summed E-state index contributed by atoms with van der Waals surface area (Å²) in [5.74, 6) is -0.177. The van der Waals surface area contributed by atoms with E-state index in [-0.39, 0.29) is 18.0 Å². The number of imide groups is 1. The van der Waals surface area contributed by atoms with Gasteiger partial charge in [-0.05, 0) is 36.1 Å². The van der Waals surface area contributed by atoms with Gasteiger partial charge in [0.25, 0.3) is 5.91 Å². The summed E-state index contributed by atoms with van der Waals surface area (Å²) in [6, 6.07) is 5.31. The topological polar surface area (TPSA) is 82.2 Å². The van der Waals surface area contributed by atoms with Crippen LogP contribution in [-0.2, 0) is 22.7 Å². The fourth-order valence-electron chi connectivity index (χ4n) is 4.03. The van der Waals surface area contributed by atoms with Gasteiger partial charge in [-0.1, -0.05) is 6.07 Å². The highest BCUT2D eigenvalue weighted by Crippen LogP contribution is 2.35. The van der Waals surface area contributed by atoms with E-state index in [1.54, 1.807) is 11.9 Å². The first-order valence-electron chi connectivity index (χ1n) is 8.74.